The number of piperidine rings is 1. The molecule has 0 radical (unpaired) electrons. The molecule has 4 nitrogen and oxygen atoms in total. The standard InChI is InChI=1S/C20H29NO3/c1-24-15-20(10-5-11-20)19(23)21-12-8-17(9-13-21)18(22)14-16-6-3-2-4-7-16/h2-4,6-7,17-18,22H,5,8-15H2,1H3/t18-/m0/s1. The highest BCUT2D eigenvalue weighted by atomic mass is 16.5. The minimum Gasteiger partial charge on any atom is -0.392 e. The molecule has 0 aromatic heterocycles. The summed E-state index contributed by atoms with van der Waals surface area (Å²) in [5.74, 6) is 0.556. The van der Waals surface area contributed by atoms with Crippen LogP contribution in [-0.2, 0) is 16.0 Å². The third kappa shape index (κ3) is 3.65. The number of aliphatic hydroxyl groups excluding tert-OH is 1. The first kappa shape index (κ1) is 17.4. The average molecular weight is 331 g/mol. The lowest BCUT2D eigenvalue weighted by atomic mass is 9.68. The van der Waals surface area contributed by atoms with Crippen molar-refractivity contribution in [3.05, 3.63) is 35.9 Å². The molecule has 1 heterocycles. The van der Waals surface area contributed by atoms with Crippen LogP contribution in [0, 0.1) is 11.3 Å². The van der Waals surface area contributed by atoms with Crippen LogP contribution >= 0.6 is 0 Å². The topological polar surface area (TPSA) is 49.8 Å². The third-order valence-corrected chi connectivity index (χ3v) is 5.84. The van der Waals surface area contributed by atoms with Crippen LogP contribution in [-0.4, -0.2) is 48.8 Å². The predicted molar refractivity (Wildman–Crippen MR) is 93.6 cm³/mol. The normalized spacial score (nSPS) is 22.0. The Kier molecular flexibility index (Phi) is 5.57. The largest absolute Gasteiger partial charge is 0.392 e. The summed E-state index contributed by atoms with van der Waals surface area (Å²) < 4.78 is 5.30. The molecule has 3 rings (SSSR count). The fourth-order valence-electron chi connectivity index (χ4n) is 4.14. The Morgan fingerprint density at radius 3 is 2.50 bits per heavy atom. The van der Waals surface area contributed by atoms with Crippen LogP contribution in [0.15, 0.2) is 30.3 Å². The van der Waals surface area contributed by atoms with Crippen molar-refractivity contribution in [2.45, 2.75) is 44.6 Å². The molecule has 2 fully saturated rings. The smallest absolute Gasteiger partial charge is 0.231 e. The Labute approximate surface area is 144 Å². The molecule has 0 bridgehead atoms. The van der Waals surface area contributed by atoms with E-state index in [-0.39, 0.29) is 23.3 Å². The van der Waals surface area contributed by atoms with Crippen LogP contribution in [0.5, 0.6) is 0 Å². The quantitative estimate of drug-likeness (QED) is 0.872. The lowest BCUT2D eigenvalue weighted by molar-refractivity contribution is -0.154. The maximum Gasteiger partial charge on any atom is 0.231 e. The molecule has 0 spiro atoms. The van der Waals surface area contributed by atoms with Gasteiger partial charge in [-0.25, -0.2) is 0 Å². The lowest BCUT2D eigenvalue weighted by Crippen LogP contribution is -2.53. The van der Waals surface area contributed by atoms with Crippen molar-refractivity contribution in [2.24, 2.45) is 11.3 Å². The number of benzene rings is 1. The number of nitrogens with zero attached hydrogens (tertiary/aromatic N) is 1. The van der Waals surface area contributed by atoms with E-state index >= 15 is 0 Å². The van der Waals surface area contributed by atoms with E-state index in [0.29, 0.717) is 13.0 Å². The van der Waals surface area contributed by atoms with Crippen LogP contribution in [0.4, 0.5) is 0 Å². The number of rotatable bonds is 6. The molecule has 0 unspecified atom stereocenters. The lowest BCUT2D eigenvalue weighted by Gasteiger charge is -2.45. The van der Waals surface area contributed by atoms with E-state index in [2.05, 4.69) is 12.1 Å². The highest BCUT2D eigenvalue weighted by Crippen LogP contribution is 2.43. The van der Waals surface area contributed by atoms with Gasteiger partial charge in [0.1, 0.15) is 0 Å². The first-order valence-electron chi connectivity index (χ1n) is 9.15. The van der Waals surface area contributed by atoms with Gasteiger partial charge in [-0.3, -0.25) is 4.79 Å². The molecule has 132 valence electrons. The van der Waals surface area contributed by atoms with E-state index in [1.807, 2.05) is 23.1 Å². The fraction of sp³-hybridized carbons (Fsp3) is 0.650. The first-order valence-corrected chi connectivity index (χ1v) is 9.15. The minimum absolute atomic E-state index is 0.260. The van der Waals surface area contributed by atoms with Crippen LogP contribution in [0.3, 0.4) is 0 Å². The number of likely N-dealkylation sites (tertiary alicyclic amines) is 1. The van der Waals surface area contributed by atoms with Gasteiger partial charge in [-0.15, -0.1) is 0 Å². The molecule has 1 N–H and O–H groups in total. The highest BCUT2D eigenvalue weighted by molar-refractivity contribution is 5.84. The van der Waals surface area contributed by atoms with Crippen LogP contribution in [0.2, 0.25) is 0 Å². The van der Waals surface area contributed by atoms with Crippen molar-refractivity contribution in [3.8, 4) is 0 Å². The van der Waals surface area contributed by atoms with Gasteiger partial charge >= 0.3 is 0 Å². The van der Waals surface area contributed by atoms with E-state index in [1.165, 1.54) is 5.56 Å². The summed E-state index contributed by atoms with van der Waals surface area (Å²) in [7, 11) is 1.68. The molecule has 1 aromatic carbocycles. The zero-order chi connectivity index (χ0) is 17.0. The summed E-state index contributed by atoms with van der Waals surface area (Å²) in [4.78, 5) is 14.8. The minimum atomic E-state index is -0.318. The van der Waals surface area contributed by atoms with Crippen molar-refractivity contribution in [1.29, 1.82) is 0 Å². The van der Waals surface area contributed by atoms with Gasteiger partial charge in [-0.1, -0.05) is 36.8 Å². The van der Waals surface area contributed by atoms with Gasteiger partial charge in [0.25, 0.3) is 0 Å². The average Bonchev–Trinajstić information content (AvgIpc) is 2.58. The molecule has 1 saturated heterocycles. The van der Waals surface area contributed by atoms with E-state index in [0.717, 1.165) is 45.2 Å². The molecule has 1 aliphatic heterocycles. The molecule has 1 saturated carbocycles. The molecular formula is C20H29NO3. The second-order valence-corrected chi connectivity index (χ2v) is 7.45. The van der Waals surface area contributed by atoms with Crippen molar-refractivity contribution in [1.82, 2.24) is 4.90 Å². The zero-order valence-electron chi connectivity index (χ0n) is 14.6. The van der Waals surface area contributed by atoms with Gasteiger partial charge < -0.3 is 14.7 Å². The Hall–Kier alpha value is -1.39. The number of carbonyl (C=O) groups is 1. The maximum absolute atomic E-state index is 12.8. The van der Waals surface area contributed by atoms with Crippen molar-refractivity contribution in [3.63, 3.8) is 0 Å². The second-order valence-electron chi connectivity index (χ2n) is 7.45. The van der Waals surface area contributed by atoms with E-state index in [4.69, 9.17) is 4.74 Å². The monoisotopic (exact) mass is 331 g/mol. The summed E-state index contributed by atoms with van der Waals surface area (Å²) in [5, 5.41) is 10.5. The van der Waals surface area contributed by atoms with E-state index in [1.54, 1.807) is 7.11 Å². The summed E-state index contributed by atoms with van der Waals surface area (Å²) >= 11 is 0. The zero-order valence-corrected chi connectivity index (χ0v) is 14.6. The first-order chi connectivity index (χ1) is 11.6. The Morgan fingerprint density at radius 1 is 1.29 bits per heavy atom. The Bertz CT molecular complexity index is 533. The molecule has 2 aliphatic rings. The summed E-state index contributed by atoms with van der Waals surface area (Å²) in [6, 6.07) is 10.1. The molecule has 1 aromatic rings. The Balaban J connectivity index is 1.51. The Morgan fingerprint density at radius 2 is 1.96 bits per heavy atom. The molecule has 24 heavy (non-hydrogen) atoms. The number of ether oxygens (including phenoxy) is 1. The SMILES string of the molecule is COCC1(C(=O)N2CCC([C@@H](O)Cc3ccccc3)CC2)CCC1. The number of methoxy groups -OCH3 is 1. The summed E-state index contributed by atoms with van der Waals surface area (Å²) in [6.07, 6.45) is 5.20. The number of amides is 1. The number of carbonyl (C=O) groups excluding carboxylic acids is 1. The summed E-state index contributed by atoms with van der Waals surface area (Å²) in [5.41, 5.74) is 0.918. The third-order valence-electron chi connectivity index (χ3n) is 5.84. The highest BCUT2D eigenvalue weighted by Gasteiger charge is 2.47. The number of hydrogen-bond acceptors (Lipinski definition) is 3. The molecule has 1 aliphatic carbocycles. The van der Waals surface area contributed by atoms with Gasteiger partial charge in [-0.05, 0) is 43.6 Å². The fourth-order valence-corrected chi connectivity index (χ4v) is 4.14. The summed E-state index contributed by atoms with van der Waals surface area (Å²) in [6.45, 7) is 2.07. The molecular weight excluding hydrogens is 302 g/mol. The van der Waals surface area contributed by atoms with Gasteiger partial charge in [0.15, 0.2) is 0 Å². The van der Waals surface area contributed by atoms with Crippen molar-refractivity contribution < 1.29 is 14.6 Å². The van der Waals surface area contributed by atoms with Gasteiger partial charge in [0.05, 0.1) is 18.1 Å². The number of hydrogen-bond donors (Lipinski definition) is 1. The molecule has 1 atom stereocenters. The van der Waals surface area contributed by atoms with Crippen molar-refractivity contribution >= 4 is 5.91 Å². The maximum atomic E-state index is 12.8. The second kappa shape index (κ2) is 7.66. The van der Waals surface area contributed by atoms with Gasteiger partial charge in [0.2, 0.25) is 5.91 Å². The van der Waals surface area contributed by atoms with Gasteiger partial charge in [-0.2, -0.15) is 0 Å². The van der Waals surface area contributed by atoms with E-state index < -0.39 is 0 Å². The van der Waals surface area contributed by atoms with Crippen LogP contribution in [0.25, 0.3) is 0 Å². The van der Waals surface area contributed by atoms with Crippen LogP contribution in [0.1, 0.15) is 37.7 Å². The number of aliphatic hydroxyl groups is 1. The van der Waals surface area contributed by atoms with Crippen molar-refractivity contribution in [2.75, 3.05) is 26.8 Å². The molecule has 4 heteroatoms. The predicted octanol–water partition coefficient (Wildman–Crippen LogP) is 2.65. The van der Waals surface area contributed by atoms with Crippen LogP contribution < -0.4 is 0 Å². The molecule has 1 amide bonds. The van der Waals surface area contributed by atoms with E-state index in [9.17, 15) is 9.90 Å². The van der Waals surface area contributed by atoms with Gasteiger partial charge in [0, 0.05) is 20.2 Å².